The number of halogens is 1. The van der Waals surface area contributed by atoms with Crippen LogP contribution in [0.2, 0.25) is 0 Å². The lowest BCUT2D eigenvalue weighted by Gasteiger charge is -2.13. The molecule has 122 valence electrons. The first-order valence-corrected chi connectivity index (χ1v) is 8.11. The molecular weight excluding hydrogens is 372 g/mol. The zero-order valence-corrected chi connectivity index (χ0v) is 14.5. The summed E-state index contributed by atoms with van der Waals surface area (Å²) in [6, 6.07) is 15.1. The molecule has 0 radical (unpaired) electrons. The highest BCUT2D eigenvalue weighted by atomic mass is 79.9. The standard InChI is InChI=1S/C18H15BrN2O3/c1-24-18(23)15-16(20-10-11-5-4-6-12(19)9-11)13-7-2-3-8-14(13)21-17(15)22/h2-9H,10H2,1H3,(H2,20,21,22). The molecule has 3 aromatic rings. The number of carbonyl (C=O) groups excluding carboxylic acids is 1. The Bertz CT molecular complexity index is 966. The largest absolute Gasteiger partial charge is 0.465 e. The summed E-state index contributed by atoms with van der Waals surface area (Å²) >= 11 is 3.43. The predicted molar refractivity (Wildman–Crippen MR) is 97.4 cm³/mol. The molecule has 1 heterocycles. The van der Waals surface area contributed by atoms with Crippen molar-refractivity contribution in [1.82, 2.24) is 4.98 Å². The maximum atomic E-state index is 12.3. The fraction of sp³-hybridized carbons (Fsp3) is 0.111. The average Bonchev–Trinajstić information content (AvgIpc) is 2.58. The highest BCUT2D eigenvalue weighted by Crippen LogP contribution is 2.25. The predicted octanol–water partition coefficient (Wildman–Crippen LogP) is 3.69. The van der Waals surface area contributed by atoms with Gasteiger partial charge < -0.3 is 15.0 Å². The van der Waals surface area contributed by atoms with Crippen LogP contribution in [0.15, 0.2) is 57.8 Å². The Balaban J connectivity index is 2.09. The molecule has 1 aromatic heterocycles. The summed E-state index contributed by atoms with van der Waals surface area (Å²) in [6.45, 7) is 0.469. The number of rotatable bonds is 4. The highest BCUT2D eigenvalue weighted by molar-refractivity contribution is 9.10. The van der Waals surface area contributed by atoms with Crippen LogP contribution in [0.4, 0.5) is 5.69 Å². The van der Waals surface area contributed by atoms with E-state index >= 15 is 0 Å². The van der Waals surface area contributed by atoms with Crippen LogP contribution in [0.3, 0.4) is 0 Å². The molecule has 0 fully saturated rings. The Morgan fingerprint density at radius 2 is 2.00 bits per heavy atom. The van der Waals surface area contributed by atoms with Crippen molar-refractivity contribution in [3.63, 3.8) is 0 Å². The molecular formula is C18H15BrN2O3. The van der Waals surface area contributed by atoms with Crippen molar-refractivity contribution < 1.29 is 9.53 Å². The van der Waals surface area contributed by atoms with Gasteiger partial charge in [-0.25, -0.2) is 4.79 Å². The van der Waals surface area contributed by atoms with Crippen LogP contribution in [-0.2, 0) is 11.3 Å². The Morgan fingerprint density at radius 1 is 1.21 bits per heavy atom. The number of anilines is 1. The minimum atomic E-state index is -0.668. The number of aromatic nitrogens is 1. The van der Waals surface area contributed by atoms with Gasteiger partial charge in [0.05, 0.1) is 18.3 Å². The summed E-state index contributed by atoms with van der Waals surface area (Å²) in [5.74, 6) is -0.668. The second-order valence-electron chi connectivity index (χ2n) is 5.22. The van der Waals surface area contributed by atoms with Crippen molar-refractivity contribution in [3.05, 3.63) is 74.5 Å². The van der Waals surface area contributed by atoms with Crippen LogP contribution in [0, 0.1) is 0 Å². The summed E-state index contributed by atoms with van der Waals surface area (Å²) in [5, 5.41) is 3.97. The van der Waals surface area contributed by atoms with Gasteiger partial charge in [0.1, 0.15) is 5.56 Å². The topological polar surface area (TPSA) is 71.2 Å². The first kappa shape index (κ1) is 16.3. The third-order valence-electron chi connectivity index (χ3n) is 3.67. The summed E-state index contributed by atoms with van der Waals surface area (Å²) in [7, 11) is 1.26. The van der Waals surface area contributed by atoms with Crippen LogP contribution in [0.5, 0.6) is 0 Å². The normalized spacial score (nSPS) is 10.6. The lowest BCUT2D eigenvalue weighted by atomic mass is 10.1. The van der Waals surface area contributed by atoms with Crippen molar-refractivity contribution in [2.45, 2.75) is 6.54 Å². The summed E-state index contributed by atoms with van der Waals surface area (Å²) in [5.41, 5.74) is 1.65. The molecule has 0 bridgehead atoms. The van der Waals surface area contributed by atoms with Gasteiger partial charge in [-0.05, 0) is 23.8 Å². The van der Waals surface area contributed by atoms with E-state index in [1.165, 1.54) is 7.11 Å². The van der Waals surface area contributed by atoms with Gasteiger partial charge in [-0.2, -0.15) is 0 Å². The van der Waals surface area contributed by atoms with Gasteiger partial charge in [-0.15, -0.1) is 0 Å². The second-order valence-corrected chi connectivity index (χ2v) is 6.14. The number of methoxy groups -OCH3 is 1. The molecule has 5 nitrogen and oxygen atoms in total. The van der Waals surface area contributed by atoms with Crippen molar-refractivity contribution in [2.24, 2.45) is 0 Å². The molecule has 0 atom stereocenters. The van der Waals surface area contributed by atoms with Gasteiger partial charge in [0.25, 0.3) is 5.56 Å². The fourth-order valence-corrected chi connectivity index (χ4v) is 3.01. The molecule has 2 aromatic carbocycles. The smallest absolute Gasteiger partial charge is 0.345 e. The molecule has 0 aliphatic rings. The van der Waals surface area contributed by atoms with Gasteiger partial charge >= 0.3 is 5.97 Å². The van der Waals surface area contributed by atoms with Crippen LogP contribution < -0.4 is 10.9 Å². The minimum Gasteiger partial charge on any atom is -0.465 e. The number of nitrogens with one attached hydrogen (secondary N) is 2. The first-order chi connectivity index (χ1) is 11.6. The van der Waals surface area contributed by atoms with E-state index in [-0.39, 0.29) is 5.56 Å². The zero-order valence-electron chi connectivity index (χ0n) is 12.9. The van der Waals surface area contributed by atoms with Gasteiger partial charge in [0.2, 0.25) is 0 Å². The Morgan fingerprint density at radius 3 is 2.75 bits per heavy atom. The maximum absolute atomic E-state index is 12.3. The number of carbonyl (C=O) groups is 1. The van der Waals surface area contributed by atoms with E-state index in [1.54, 1.807) is 6.07 Å². The van der Waals surface area contributed by atoms with Gasteiger partial charge in [0.15, 0.2) is 0 Å². The molecule has 0 aliphatic carbocycles. The molecule has 3 rings (SSSR count). The SMILES string of the molecule is COC(=O)c1c(NCc2cccc(Br)c2)c2ccccc2[nH]c1=O. The number of benzene rings is 2. The number of fused-ring (bicyclic) bond motifs is 1. The van der Waals surface area contributed by atoms with E-state index in [0.29, 0.717) is 17.7 Å². The molecule has 0 aliphatic heterocycles. The van der Waals surface area contributed by atoms with E-state index < -0.39 is 11.5 Å². The van der Waals surface area contributed by atoms with Crippen molar-refractivity contribution in [1.29, 1.82) is 0 Å². The average molecular weight is 387 g/mol. The number of para-hydroxylation sites is 1. The van der Waals surface area contributed by atoms with Crippen LogP contribution >= 0.6 is 15.9 Å². The summed E-state index contributed by atoms with van der Waals surface area (Å²) in [4.78, 5) is 27.1. The van der Waals surface area contributed by atoms with Crippen LogP contribution in [0.25, 0.3) is 10.9 Å². The number of hydrogen-bond acceptors (Lipinski definition) is 4. The van der Waals surface area contributed by atoms with Gasteiger partial charge in [-0.3, -0.25) is 4.79 Å². The number of hydrogen-bond donors (Lipinski definition) is 2. The molecule has 0 amide bonds. The minimum absolute atomic E-state index is 0.0220. The Hall–Kier alpha value is -2.60. The zero-order chi connectivity index (χ0) is 17.1. The van der Waals surface area contributed by atoms with Crippen molar-refractivity contribution in [2.75, 3.05) is 12.4 Å². The maximum Gasteiger partial charge on any atom is 0.345 e. The number of pyridine rings is 1. The summed E-state index contributed by atoms with van der Waals surface area (Å²) < 4.78 is 5.74. The van der Waals surface area contributed by atoms with Crippen molar-refractivity contribution in [3.8, 4) is 0 Å². The van der Waals surface area contributed by atoms with E-state index in [0.717, 1.165) is 15.4 Å². The molecule has 0 saturated heterocycles. The number of ether oxygens (including phenoxy) is 1. The molecule has 6 heteroatoms. The van der Waals surface area contributed by atoms with Gasteiger partial charge in [0, 0.05) is 16.4 Å². The van der Waals surface area contributed by atoms with Gasteiger partial charge in [-0.1, -0.05) is 46.3 Å². The van der Waals surface area contributed by atoms with E-state index in [2.05, 4.69) is 26.2 Å². The lowest BCUT2D eigenvalue weighted by Crippen LogP contribution is -2.22. The molecule has 24 heavy (non-hydrogen) atoms. The molecule has 2 N–H and O–H groups in total. The molecule has 0 unspecified atom stereocenters. The fourth-order valence-electron chi connectivity index (χ4n) is 2.56. The lowest BCUT2D eigenvalue weighted by molar-refractivity contribution is 0.0600. The molecule has 0 spiro atoms. The summed E-state index contributed by atoms with van der Waals surface area (Å²) in [6.07, 6.45) is 0. The van der Waals surface area contributed by atoms with E-state index in [4.69, 9.17) is 4.74 Å². The monoisotopic (exact) mass is 386 g/mol. The number of esters is 1. The quantitative estimate of drug-likeness (QED) is 0.670. The Kier molecular flexibility index (Phi) is 4.66. The first-order valence-electron chi connectivity index (χ1n) is 7.32. The van der Waals surface area contributed by atoms with Crippen LogP contribution in [-0.4, -0.2) is 18.1 Å². The Labute approximate surface area is 146 Å². The number of H-pyrrole nitrogens is 1. The van der Waals surface area contributed by atoms with Crippen molar-refractivity contribution >= 4 is 38.5 Å². The highest BCUT2D eigenvalue weighted by Gasteiger charge is 2.19. The third-order valence-corrected chi connectivity index (χ3v) is 4.16. The third kappa shape index (κ3) is 3.19. The molecule has 0 saturated carbocycles. The van der Waals surface area contributed by atoms with E-state index in [9.17, 15) is 9.59 Å². The van der Waals surface area contributed by atoms with E-state index in [1.807, 2.05) is 42.5 Å². The number of aromatic amines is 1. The van der Waals surface area contributed by atoms with Crippen LogP contribution in [0.1, 0.15) is 15.9 Å². The second kappa shape index (κ2) is 6.88.